The van der Waals surface area contributed by atoms with Gasteiger partial charge in [-0.25, -0.2) is 0 Å². The van der Waals surface area contributed by atoms with Gasteiger partial charge in [0.2, 0.25) is 0 Å². The fourth-order valence-corrected chi connectivity index (χ4v) is 0.710. The highest BCUT2D eigenvalue weighted by atomic mass is 15.4. The van der Waals surface area contributed by atoms with Crippen molar-refractivity contribution in [1.82, 2.24) is 20.4 Å². The maximum Gasteiger partial charge on any atom is 0.0840 e. The van der Waals surface area contributed by atoms with Crippen LogP contribution >= 0.6 is 0 Å². The van der Waals surface area contributed by atoms with E-state index in [2.05, 4.69) is 15.7 Å². The highest BCUT2D eigenvalue weighted by Crippen LogP contribution is 1.89. The van der Waals surface area contributed by atoms with Gasteiger partial charge in [-0.3, -0.25) is 16.0 Å². The summed E-state index contributed by atoms with van der Waals surface area (Å²) in [6.07, 6.45) is 2.70. The third-order valence-corrected chi connectivity index (χ3v) is 1.18. The van der Waals surface area contributed by atoms with Crippen LogP contribution in [-0.2, 0) is 13.5 Å². The quantitative estimate of drug-likeness (QED) is 0.410. The van der Waals surface area contributed by atoms with Crippen LogP contribution in [0, 0.1) is 0 Å². The van der Waals surface area contributed by atoms with Crippen LogP contribution in [0.2, 0.25) is 0 Å². The summed E-state index contributed by atoms with van der Waals surface area (Å²) in [6, 6.07) is 0. The summed E-state index contributed by atoms with van der Waals surface area (Å²) in [5.74, 6) is 5.08. The van der Waals surface area contributed by atoms with Gasteiger partial charge in [0.1, 0.15) is 0 Å². The van der Waals surface area contributed by atoms with Crippen molar-refractivity contribution in [3.05, 3.63) is 11.9 Å². The topological polar surface area (TPSA) is 68.8 Å². The lowest BCUT2D eigenvalue weighted by molar-refractivity contribution is 0.703. The van der Waals surface area contributed by atoms with Crippen molar-refractivity contribution in [1.29, 1.82) is 0 Å². The molecule has 0 saturated carbocycles. The number of hydrogen-bond donors (Lipinski definition) is 2. The molecule has 1 aromatic heterocycles. The Labute approximate surface area is 59.2 Å². The van der Waals surface area contributed by atoms with E-state index < -0.39 is 0 Å². The Morgan fingerprint density at radius 1 is 1.80 bits per heavy atom. The summed E-state index contributed by atoms with van der Waals surface area (Å²) in [5, 5.41) is 7.64. The van der Waals surface area contributed by atoms with Crippen LogP contribution in [-0.4, -0.2) is 21.5 Å². The lowest BCUT2D eigenvalue weighted by atomic mass is 10.3. The van der Waals surface area contributed by atoms with E-state index in [9.17, 15) is 0 Å². The van der Waals surface area contributed by atoms with Gasteiger partial charge in [-0.1, -0.05) is 5.21 Å². The SMILES string of the molecule is Cn1cc(CCNN)nn1. The van der Waals surface area contributed by atoms with E-state index >= 15 is 0 Å². The van der Waals surface area contributed by atoms with E-state index in [0.717, 1.165) is 18.7 Å². The molecule has 3 N–H and O–H groups in total. The number of nitrogens with two attached hydrogens (primary N) is 1. The summed E-state index contributed by atoms with van der Waals surface area (Å²) in [6.45, 7) is 0.735. The first-order valence-corrected chi connectivity index (χ1v) is 3.11. The normalized spacial score (nSPS) is 10.2. The third kappa shape index (κ3) is 1.78. The van der Waals surface area contributed by atoms with Crippen LogP contribution in [0.15, 0.2) is 6.20 Å². The van der Waals surface area contributed by atoms with Gasteiger partial charge in [0.15, 0.2) is 0 Å². The second-order valence-corrected chi connectivity index (χ2v) is 2.09. The minimum atomic E-state index is 0.735. The number of hydrazine groups is 1. The molecule has 10 heavy (non-hydrogen) atoms. The van der Waals surface area contributed by atoms with Gasteiger partial charge >= 0.3 is 0 Å². The van der Waals surface area contributed by atoms with E-state index in [1.165, 1.54) is 0 Å². The van der Waals surface area contributed by atoms with E-state index in [-0.39, 0.29) is 0 Å². The summed E-state index contributed by atoms with van der Waals surface area (Å²) in [5.41, 5.74) is 3.51. The van der Waals surface area contributed by atoms with Crippen LogP contribution in [0.4, 0.5) is 0 Å². The predicted octanol–water partition coefficient (Wildman–Crippen LogP) is -1.18. The van der Waals surface area contributed by atoms with Crippen molar-refractivity contribution in [3.8, 4) is 0 Å². The molecule has 1 rings (SSSR count). The Balaban J connectivity index is 2.42. The zero-order valence-electron chi connectivity index (χ0n) is 5.91. The molecule has 0 aromatic carbocycles. The minimum Gasteiger partial charge on any atom is -0.271 e. The smallest absolute Gasteiger partial charge is 0.0840 e. The maximum absolute atomic E-state index is 5.08. The van der Waals surface area contributed by atoms with E-state index in [0.29, 0.717) is 0 Å². The molecule has 56 valence electrons. The molecule has 5 nitrogen and oxygen atoms in total. The Morgan fingerprint density at radius 3 is 3.10 bits per heavy atom. The summed E-state index contributed by atoms with van der Waals surface area (Å²) >= 11 is 0. The van der Waals surface area contributed by atoms with E-state index in [4.69, 9.17) is 5.84 Å². The molecule has 0 bridgehead atoms. The Bertz CT molecular complexity index is 194. The summed E-state index contributed by atoms with van der Waals surface area (Å²) < 4.78 is 1.67. The van der Waals surface area contributed by atoms with Gasteiger partial charge in [-0.2, -0.15) is 0 Å². The zero-order valence-corrected chi connectivity index (χ0v) is 5.91. The molecular weight excluding hydrogens is 130 g/mol. The Morgan fingerprint density at radius 2 is 2.60 bits per heavy atom. The maximum atomic E-state index is 5.08. The van der Waals surface area contributed by atoms with Gasteiger partial charge in [0, 0.05) is 26.2 Å². The molecule has 0 aliphatic carbocycles. The summed E-state index contributed by atoms with van der Waals surface area (Å²) in [7, 11) is 1.84. The first-order chi connectivity index (χ1) is 4.83. The average molecular weight is 141 g/mol. The lowest BCUT2D eigenvalue weighted by Crippen LogP contribution is -2.24. The molecule has 5 heteroatoms. The van der Waals surface area contributed by atoms with Crippen molar-refractivity contribution in [2.75, 3.05) is 6.54 Å². The second kappa shape index (κ2) is 3.28. The van der Waals surface area contributed by atoms with Crippen LogP contribution in [0.5, 0.6) is 0 Å². The number of hydrogen-bond acceptors (Lipinski definition) is 4. The van der Waals surface area contributed by atoms with E-state index in [1.54, 1.807) is 4.68 Å². The van der Waals surface area contributed by atoms with Crippen LogP contribution in [0.3, 0.4) is 0 Å². The second-order valence-electron chi connectivity index (χ2n) is 2.09. The highest BCUT2D eigenvalue weighted by molar-refractivity contribution is 4.91. The first-order valence-electron chi connectivity index (χ1n) is 3.11. The Hall–Kier alpha value is -0.940. The molecule has 0 saturated heterocycles. The van der Waals surface area contributed by atoms with Gasteiger partial charge in [0.05, 0.1) is 5.69 Å². The molecule has 0 unspecified atom stereocenters. The number of nitrogens with zero attached hydrogens (tertiary/aromatic N) is 3. The fourth-order valence-electron chi connectivity index (χ4n) is 0.710. The monoisotopic (exact) mass is 141 g/mol. The number of aromatic nitrogens is 3. The molecule has 1 heterocycles. The van der Waals surface area contributed by atoms with Crippen molar-refractivity contribution in [2.45, 2.75) is 6.42 Å². The van der Waals surface area contributed by atoms with Crippen molar-refractivity contribution < 1.29 is 0 Å². The van der Waals surface area contributed by atoms with Crippen molar-refractivity contribution in [2.24, 2.45) is 12.9 Å². The zero-order chi connectivity index (χ0) is 7.40. The molecule has 0 atom stereocenters. The van der Waals surface area contributed by atoms with Gasteiger partial charge < -0.3 is 0 Å². The van der Waals surface area contributed by atoms with Crippen LogP contribution in [0.1, 0.15) is 5.69 Å². The minimum absolute atomic E-state index is 0.735. The van der Waals surface area contributed by atoms with Crippen LogP contribution in [0.25, 0.3) is 0 Å². The Kier molecular flexibility index (Phi) is 2.35. The standard InChI is InChI=1S/C5H11N5/c1-10-4-5(8-9-10)2-3-7-6/h4,7H,2-3,6H2,1H3. The molecule has 0 spiro atoms. The van der Waals surface area contributed by atoms with Crippen molar-refractivity contribution in [3.63, 3.8) is 0 Å². The van der Waals surface area contributed by atoms with E-state index in [1.807, 2.05) is 13.2 Å². The molecule has 0 radical (unpaired) electrons. The predicted molar refractivity (Wildman–Crippen MR) is 36.9 cm³/mol. The van der Waals surface area contributed by atoms with Gasteiger partial charge in [-0.15, -0.1) is 5.10 Å². The molecule has 0 aliphatic heterocycles. The average Bonchev–Trinajstić information content (AvgIpc) is 2.31. The highest BCUT2D eigenvalue weighted by Gasteiger charge is 1.94. The number of nitrogens with one attached hydrogen (secondary N) is 1. The van der Waals surface area contributed by atoms with Gasteiger partial charge in [0.25, 0.3) is 0 Å². The number of aryl methyl sites for hydroxylation is 1. The largest absolute Gasteiger partial charge is 0.271 e. The number of rotatable bonds is 3. The first kappa shape index (κ1) is 7.17. The van der Waals surface area contributed by atoms with Gasteiger partial charge in [-0.05, 0) is 0 Å². The van der Waals surface area contributed by atoms with Crippen LogP contribution < -0.4 is 11.3 Å². The molecule has 1 aromatic rings. The molecular formula is C5H11N5. The fraction of sp³-hybridized carbons (Fsp3) is 0.600. The molecule has 0 aliphatic rings. The summed E-state index contributed by atoms with van der Waals surface area (Å²) in [4.78, 5) is 0. The molecule has 0 amide bonds. The lowest BCUT2D eigenvalue weighted by Gasteiger charge is -1.91. The molecule has 0 fully saturated rings. The third-order valence-electron chi connectivity index (χ3n) is 1.18. The van der Waals surface area contributed by atoms with Crippen molar-refractivity contribution >= 4 is 0 Å².